The standard InChI is InChI=1S/C20H31NO3/c1-6-23-20(17-11-8-7-10-16(17)2)12-9-14-21(15-13-20)18(22)24-19(3,4)5/h7-8,10-11H,6,9,12-15H2,1-5H3. The minimum absolute atomic E-state index is 0.223. The molecule has 1 aromatic rings. The van der Waals surface area contributed by atoms with Crippen LogP contribution in [0.15, 0.2) is 24.3 Å². The molecule has 0 aromatic heterocycles. The molecule has 0 radical (unpaired) electrons. The van der Waals surface area contributed by atoms with E-state index in [1.807, 2.05) is 32.6 Å². The number of nitrogens with zero attached hydrogens (tertiary/aromatic N) is 1. The second-order valence-electron chi connectivity index (χ2n) is 7.56. The third-order valence-electron chi connectivity index (χ3n) is 4.50. The summed E-state index contributed by atoms with van der Waals surface area (Å²) in [6.45, 7) is 11.9. The fraction of sp³-hybridized carbons (Fsp3) is 0.650. The molecule has 2 rings (SSSR count). The highest BCUT2D eigenvalue weighted by Crippen LogP contribution is 2.38. The number of carbonyl (C=O) groups is 1. The number of benzene rings is 1. The molecule has 1 aliphatic rings. The van der Waals surface area contributed by atoms with Crippen LogP contribution < -0.4 is 0 Å². The SMILES string of the molecule is CCOC1(c2ccccc2C)CCCN(C(=O)OC(C)(C)C)CC1. The summed E-state index contributed by atoms with van der Waals surface area (Å²) in [7, 11) is 0. The van der Waals surface area contributed by atoms with Gasteiger partial charge in [-0.3, -0.25) is 0 Å². The van der Waals surface area contributed by atoms with Crippen molar-refractivity contribution in [3.05, 3.63) is 35.4 Å². The maximum absolute atomic E-state index is 12.4. The molecular formula is C20H31NO3. The Kier molecular flexibility index (Phi) is 5.92. The number of carbonyl (C=O) groups excluding carboxylic acids is 1. The Morgan fingerprint density at radius 1 is 1.21 bits per heavy atom. The van der Waals surface area contributed by atoms with E-state index in [2.05, 4.69) is 31.2 Å². The third kappa shape index (κ3) is 4.50. The Labute approximate surface area is 146 Å². The van der Waals surface area contributed by atoms with E-state index in [0.29, 0.717) is 13.2 Å². The lowest BCUT2D eigenvalue weighted by atomic mass is 9.84. The first-order valence-corrected chi connectivity index (χ1v) is 8.95. The van der Waals surface area contributed by atoms with Gasteiger partial charge >= 0.3 is 6.09 Å². The van der Waals surface area contributed by atoms with Gasteiger partial charge in [-0.1, -0.05) is 24.3 Å². The molecule has 1 unspecified atom stereocenters. The largest absolute Gasteiger partial charge is 0.444 e. The number of likely N-dealkylation sites (tertiary alicyclic amines) is 1. The molecule has 0 N–H and O–H groups in total. The normalized spacial score (nSPS) is 22.1. The van der Waals surface area contributed by atoms with E-state index in [-0.39, 0.29) is 11.7 Å². The van der Waals surface area contributed by atoms with Crippen molar-refractivity contribution in [1.82, 2.24) is 4.90 Å². The lowest BCUT2D eigenvalue weighted by molar-refractivity contribution is -0.0557. The molecule has 4 heteroatoms. The van der Waals surface area contributed by atoms with E-state index in [0.717, 1.165) is 25.8 Å². The summed E-state index contributed by atoms with van der Waals surface area (Å²) < 4.78 is 11.8. The average molecular weight is 333 g/mol. The summed E-state index contributed by atoms with van der Waals surface area (Å²) in [5.74, 6) is 0. The number of hydrogen-bond acceptors (Lipinski definition) is 3. The van der Waals surface area contributed by atoms with Gasteiger partial charge in [-0.05, 0) is 65.0 Å². The van der Waals surface area contributed by atoms with Crippen molar-refractivity contribution in [3.63, 3.8) is 0 Å². The van der Waals surface area contributed by atoms with Gasteiger partial charge < -0.3 is 14.4 Å². The van der Waals surface area contributed by atoms with Crippen LogP contribution in [-0.2, 0) is 15.1 Å². The van der Waals surface area contributed by atoms with Gasteiger partial charge in [0.2, 0.25) is 0 Å². The minimum Gasteiger partial charge on any atom is -0.444 e. The van der Waals surface area contributed by atoms with Gasteiger partial charge in [0.25, 0.3) is 0 Å². The molecule has 1 amide bonds. The Balaban J connectivity index is 2.19. The lowest BCUT2D eigenvalue weighted by Gasteiger charge is -2.34. The maximum Gasteiger partial charge on any atom is 0.410 e. The first-order valence-electron chi connectivity index (χ1n) is 8.95. The number of amides is 1. The lowest BCUT2D eigenvalue weighted by Crippen LogP contribution is -2.38. The van der Waals surface area contributed by atoms with Gasteiger partial charge in [0.15, 0.2) is 0 Å². The molecule has 1 aliphatic heterocycles. The van der Waals surface area contributed by atoms with Crippen LogP contribution in [0.3, 0.4) is 0 Å². The Bertz CT molecular complexity index is 564. The van der Waals surface area contributed by atoms with Crippen molar-refractivity contribution in [2.75, 3.05) is 19.7 Å². The van der Waals surface area contributed by atoms with Crippen LogP contribution in [0.1, 0.15) is 58.1 Å². The Hall–Kier alpha value is -1.55. The monoisotopic (exact) mass is 333 g/mol. The maximum atomic E-state index is 12.4. The average Bonchev–Trinajstić information content (AvgIpc) is 2.70. The molecule has 24 heavy (non-hydrogen) atoms. The molecule has 1 fully saturated rings. The molecule has 0 aliphatic carbocycles. The summed E-state index contributed by atoms with van der Waals surface area (Å²) in [4.78, 5) is 14.2. The third-order valence-corrected chi connectivity index (χ3v) is 4.50. The van der Waals surface area contributed by atoms with E-state index < -0.39 is 5.60 Å². The zero-order valence-corrected chi connectivity index (χ0v) is 15.7. The van der Waals surface area contributed by atoms with Gasteiger partial charge in [0.05, 0.1) is 5.60 Å². The molecule has 4 nitrogen and oxygen atoms in total. The molecule has 0 spiro atoms. The zero-order chi connectivity index (χ0) is 17.8. The van der Waals surface area contributed by atoms with Crippen molar-refractivity contribution < 1.29 is 14.3 Å². The van der Waals surface area contributed by atoms with Crippen molar-refractivity contribution in [3.8, 4) is 0 Å². The van der Waals surface area contributed by atoms with Crippen LogP contribution in [0, 0.1) is 6.92 Å². The van der Waals surface area contributed by atoms with E-state index in [1.54, 1.807) is 0 Å². The van der Waals surface area contributed by atoms with Crippen LogP contribution in [0.5, 0.6) is 0 Å². The van der Waals surface area contributed by atoms with Gasteiger partial charge in [0.1, 0.15) is 5.60 Å². The summed E-state index contributed by atoms with van der Waals surface area (Å²) in [6, 6.07) is 8.42. The fourth-order valence-corrected chi connectivity index (χ4v) is 3.47. The van der Waals surface area contributed by atoms with Crippen molar-refractivity contribution >= 4 is 6.09 Å². The van der Waals surface area contributed by atoms with E-state index >= 15 is 0 Å². The van der Waals surface area contributed by atoms with E-state index in [1.165, 1.54) is 11.1 Å². The summed E-state index contributed by atoms with van der Waals surface area (Å²) >= 11 is 0. The number of ether oxygens (including phenoxy) is 2. The van der Waals surface area contributed by atoms with E-state index in [9.17, 15) is 4.79 Å². The van der Waals surface area contributed by atoms with Crippen LogP contribution >= 0.6 is 0 Å². The van der Waals surface area contributed by atoms with Crippen LogP contribution in [0.2, 0.25) is 0 Å². The number of hydrogen-bond donors (Lipinski definition) is 0. The van der Waals surface area contributed by atoms with Gasteiger partial charge in [-0.25, -0.2) is 4.79 Å². The predicted molar refractivity (Wildman–Crippen MR) is 96.1 cm³/mol. The van der Waals surface area contributed by atoms with Crippen molar-refractivity contribution in [1.29, 1.82) is 0 Å². The van der Waals surface area contributed by atoms with E-state index in [4.69, 9.17) is 9.47 Å². The molecular weight excluding hydrogens is 302 g/mol. The molecule has 134 valence electrons. The highest BCUT2D eigenvalue weighted by Gasteiger charge is 2.37. The Morgan fingerprint density at radius 2 is 1.92 bits per heavy atom. The number of rotatable bonds is 3. The molecule has 1 atom stereocenters. The molecule has 0 saturated carbocycles. The van der Waals surface area contributed by atoms with Gasteiger partial charge in [0, 0.05) is 19.7 Å². The summed E-state index contributed by atoms with van der Waals surface area (Å²) in [5, 5.41) is 0. The molecule has 1 heterocycles. The first kappa shape index (κ1) is 18.8. The van der Waals surface area contributed by atoms with Crippen LogP contribution in [-0.4, -0.2) is 36.3 Å². The summed E-state index contributed by atoms with van der Waals surface area (Å²) in [6.07, 6.45) is 2.41. The van der Waals surface area contributed by atoms with Gasteiger partial charge in [-0.2, -0.15) is 0 Å². The predicted octanol–water partition coefficient (Wildman–Crippen LogP) is 4.65. The zero-order valence-electron chi connectivity index (χ0n) is 15.7. The molecule has 0 bridgehead atoms. The topological polar surface area (TPSA) is 38.8 Å². The highest BCUT2D eigenvalue weighted by atomic mass is 16.6. The first-order chi connectivity index (χ1) is 11.3. The second-order valence-corrected chi connectivity index (χ2v) is 7.56. The number of aryl methyl sites for hydroxylation is 1. The molecule has 1 aromatic carbocycles. The minimum atomic E-state index is -0.462. The highest BCUT2D eigenvalue weighted by molar-refractivity contribution is 5.68. The fourth-order valence-electron chi connectivity index (χ4n) is 3.47. The van der Waals surface area contributed by atoms with Crippen molar-refractivity contribution in [2.24, 2.45) is 0 Å². The van der Waals surface area contributed by atoms with Crippen molar-refractivity contribution in [2.45, 2.75) is 65.1 Å². The summed E-state index contributed by atoms with van der Waals surface area (Å²) in [5.41, 5.74) is 1.72. The van der Waals surface area contributed by atoms with Gasteiger partial charge in [-0.15, -0.1) is 0 Å². The van der Waals surface area contributed by atoms with Crippen LogP contribution in [0.25, 0.3) is 0 Å². The molecule has 1 saturated heterocycles. The second kappa shape index (κ2) is 7.56. The quantitative estimate of drug-likeness (QED) is 0.808. The Morgan fingerprint density at radius 3 is 2.54 bits per heavy atom. The van der Waals surface area contributed by atoms with Crippen LogP contribution in [0.4, 0.5) is 4.79 Å². The smallest absolute Gasteiger partial charge is 0.410 e.